The maximum Gasteiger partial charge on any atom is 0.314 e. The lowest BCUT2D eigenvalue weighted by Crippen LogP contribution is -2.53. The summed E-state index contributed by atoms with van der Waals surface area (Å²) in [6.45, 7) is 9.35. The van der Waals surface area contributed by atoms with Crippen molar-refractivity contribution in [2.24, 2.45) is 23.0 Å². The number of hydrogen-bond donors (Lipinski definition) is 2. The molecule has 0 saturated carbocycles. The van der Waals surface area contributed by atoms with Crippen LogP contribution in [0, 0.1) is 17.3 Å². The SMILES string of the molecule is CC(C)C(N)C(=O)N1CCCC1C(=O)[C@H](C(=O)O)C(C)(C)C. The van der Waals surface area contributed by atoms with E-state index in [0.29, 0.717) is 19.4 Å². The molecule has 0 aromatic heterocycles. The third-order valence-corrected chi connectivity index (χ3v) is 4.27. The van der Waals surface area contributed by atoms with E-state index >= 15 is 0 Å². The maximum absolute atomic E-state index is 12.7. The Morgan fingerprint density at radius 3 is 2.18 bits per heavy atom. The van der Waals surface area contributed by atoms with Gasteiger partial charge in [0.15, 0.2) is 5.78 Å². The summed E-state index contributed by atoms with van der Waals surface area (Å²) in [5, 5.41) is 9.41. The number of carbonyl (C=O) groups excluding carboxylic acids is 2. The molecule has 0 aromatic rings. The van der Waals surface area contributed by atoms with E-state index in [1.54, 1.807) is 20.8 Å². The fraction of sp³-hybridized carbons (Fsp3) is 0.812. The molecule has 1 aliphatic rings. The van der Waals surface area contributed by atoms with E-state index in [0.717, 1.165) is 0 Å². The van der Waals surface area contributed by atoms with Gasteiger partial charge in [-0.1, -0.05) is 34.6 Å². The smallest absolute Gasteiger partial charge is 0.314 e. The number of nitrogens with two attached hydrogens (primary N) is 1. The molecule has 1 aliphatic heterocycles. The average Bonchev–Trinajstić information content (AvgIpc) is 2.83. The molecule has 1 fully saturated rings. The van der Waals surface area contributed by atoms with Crippen LogP contribution in [0.25, 0.3) is 0 Å². The molecule has 22 heavy (non-hydrogen) atoms. The van der Waals surface area contributed by atoms with Gasteiger partial charge in [0.1, 0.15) is 5.92 Å². The van der Waals surface area contributed by atoms with E-state index < -0.39 is 29.4 Å². The number of ketones is 1. The van der Waals surface area contributed by atoms with Crippen molar-refractivity contribution in [3.8, 4) is 0 Å². The molecule has 0 bridgehead atoms. The summed E-state index contributed by atoms with van der Waals surface area (Å²) in [6, 6.07) is -1.33. The number of nitrogens with zero attached hydrogens (tertiary/aromatic N) is 1. The van der Waals surface area contributed by atoms with Crippen LogP contribution in [0.1, 0.15) is 47.5 Å². The minimum Gasteiger partial charge on any atom is -0.481 e. The first-order valence-electron chi connectivity index (χ1n) is 7.81. The standard InChI is InChI=1S/C16H28N2O4/c1-9(2)12(17)14(20)18-8-6-7-10(18)13(19)11(15(21)22)16(3,4)5/h9-12H,6-8,17H2,1-5H3,(H,21,22)/t10?,11-,12?/m1/s1. The Hall–Kier alpha value is -1.43. The molecule has 1 amide bonds. The van der Waals surface area contributed by atoms with E-state index in [1.807, 2.05) is 13.8 Å². The summed E-state index contributed by atoms with van der Waals surface area (Å²) in [7, 11) is 0. The van der Waals surface area contributed by atoms with E-state index in [-0.39, 0.29) is 17.6 Å². The number of carbonyl (C=O) groups is 3. The van der Waals surface area contributed by atoms with Gasteiger partial charge >= 0.3 is 5.97 Å². The highest BCUT2D eigenvalue weighted by atomic mass is 16.4. The summed E-state index contributed by atoms with van der Waals surface area (Å²) < 4.78 is 0. The molecule has 6 heteroatoms. The van der Waals surface area contributed by atoms with Gasteiger partial charge in [0.2, 0.25) is 5.91 Å². The monoisotopic (exact) mass is 312 g/mol. The van der Waals surface area contributed by atoms with Crippen molar-refractivity contribution in [2.75, 3.05) is 6.54 Å². The highest BCUT2D eigenvalue weighted by Gasteiger charge is 2.45. The van der Waals surface area contributed by atoms with E-state index in [4.69, 9.17) is 5.73 Å². The number of carboxylic acid groups (broad SMARTS) is 1. The number of aliphatic carboxylic acids is 1. The van der Waals surface area contributed by atoms with Gasteiger partial charge in [-0.3, -0.25) is 14.4 Å². The molecule has 0 spiro atoms. The zero-order chi connectivity index (χ0) is 17.2. The summed E-state index contributed by atoms with van der Waals surface area (Å²) >= 11 is 0. The van der Waals surface area contributed by atoms with E-state index in [9.17, 15) is 19.5 Å². The summed E-state index contributed by atoms with van der Waals surface area (Å²) in [6.07, 6.45) is 1.21. The van der Waals surface area contributed by atoms with Crippen LogP contribution in [0.5, 0.6) is 0 Å². The number of likely N-dealkylation sites (tertiary alicyclic amines) is 1. The fourth-order valence-corrected chi connectivity index (χ4v) is 2.91. The number of Topliss-reactive ketones (excluding diaryl/α,β-unsaturated/α-hetero) is 1. The number of rotatable bonds is 5. The van der Waals surface area contributed by atoms with Gasteiger partial charge in [-0.25, -0.2) is 0 Å². The lowest BCUT2D eigenvalue weighted by Gasteiger charge is -2.33. The Balaban J connectivity index is 3.01. The lowest BCUT2D eigenvalue weighted by atomic mass is 9.76. The number of amides is 1. The third-order valence-electron chi connectivity index (χ3n) is 4.27. The van der Waals surface area contributed by atoms with Gasteiger partial charge in [0, 0.05) is 6.54 Å². The van der Waals surface area contributed by atoms with Crippen molar-refractivity contribution < 1.29 is 19.5 Å². The zero-order valence-corrected chi connectivity index (χ0v) is 14.1. The van der Waals surface area contributed by atoms with Gasteiger partial charge in [0.25, 0.3) is 0 Å². The van der Waals surface area contributed by atoms with Gasteiger partial charge in [0.05, 0.1) is 12.1 Å². The van der Waals surface area contributed by atoms with Gasteiger partial charge in [-0.15, -0.1) is 0 Å². The molecule has 3 N–H and O–H groups in total. The molecule has 0 radical (unpaired) electrons. The Bertz CT molecular complexity index is 454. The van der Waals surface area contributed by atoms with E-state index in [2.05, 4.69) is 0 Å². The highest BCUT2D eigenvalue weighted by molar-refractivity contribution is 6.03. The Kier molecular flexibility index (Phi) is 5.73. The molecule has 1 rings (SSSR count). The molecular weight excluding hydrogens is 284 g/mol. The van der Waals surface area contributed by atoms with Crippen molar-refractivity contribution in [1.82, 2.24) is 4.90 Å². The first-order valence-corrected chi connectivity index (χ1v) is 7.81. The molecule has 6 nitrogen and oxygen atoms in total. The van der Waals surface area contributed by atoms with Crippen LogP contribution in [0.4, 0.5) is 0 Å². The Morgan fingerprint density at radius 1 is 1.23 bits per heavy atom. The van der Waals surface area contributed by atoms with Crippen molar-refractivity contribution in [2.45, 2.75) is 59.5 Å². The predicted molar refractivity (Wildman–Crippen MR) is 83.1 cm³/mol. The molecule has 1 saturated heterocycles. The van der Waals surface area contributed by atoms with Crippen LogP contribution in [-0.4, -0.2) is 46.3 Å². The Labute approximate surface area is 132 Å². The Morgan fingerprint density at radius 2 is 1.77 bits per heavy atom. The minimum absolute atomic E-state index is 0.0262. The van der Waals surface area contributed by atoms with Crippen molar-refractivity contribution in [3.05, 3.63) is 0 Å². The molecule has 0 aliphatic carbocycles. The molecule has 126 valence electrons. The van der Waals surface area contributed by atoms with Gasteiger partial charge in [-0.2, -0.15) is 0 Å². The van der Waals surface area contributed by atoms with Crippen LogP contribution in [0.2, 0.25) is 0 Å². The van der Waals surface area contributed by atoms with E-state index in [1.165, 1.54) is 4.90 Å². The molecule has 1 heterocycles. The normalized spacial score (nSPS) is 21.8. The van der Waals surface area contributed by atoms with Crippen LogP contribution in [0.3, 0.4) is 0 Å². The second kappa shape index (κ2) is 6.77. The van der Waals surface area contributed by atoms with Crippen molar-refractivity contribution >= 4 is 17.7 Å². The first kappa shape index (κ1) is 18.6. The quantitative estimate of drug-likeness (QED) is 0.745. The number of hydrogen-bond acceptors (Lipinski definition) is 4. The van der Waals surface area contributed by atoms with Crippen molar-refractivity contribution in [1.29, 1.82) is 0 Å². The second-order valence-electron chi connectivity index (χ2n) is 7.50. The second-order valence-corrected chi connectivity index (χ2v) is 7.50. The zero-order valence-electron chi connectivity index (χ0n) is 14.1. The summed E-state index contributed by atoms with van der Waals surface area (Å²) in [5.74, 6) is -2.93. The maximum atomic E-state index is 12.7. The largest absolute Gasteiger partial charge is 0.481 e. The van der Waals surface area contributed by atoms with Crippen LogP contribution in [0.15, 0.2) is 0 Å². The van der Waals surface area contributed by atoms with Gasteiger partial charge in [-0.05, 0) is 24.2 Å². The predicted octanol–water partition coefficient (Wildman–Crippen LogP) is 1.28. The fourth-order valence-electron chi connectivity index (χ4n) is 2.91. The molecule has 0 aromatic carbocycles. The highest BCUT2D eigenvalue weighted by Crippen LogP contribution is 2.32. The average molecular weight is 312 g/mol. The number of carboxylic acids is 1. The summed E-state index contributed by atoms with van der Waals surface area (Å²) in [5.41, 5.74) is 5.21. The lowest BCUT2D eigenvalue weighted by molar-refractivity contribution is -0.154. The van der Waals surface area contributed by atoms with Crippen LogP contribution >= 0.6 is 0 Å². The molecular formula is C16H28N2O4. The first-order chi connectivity index (χ1) is 9.98. The topological polar surface area (TPSA) is 101 Å². The molecule has 3 atom stereocenters. The third kappa shape index (κ3) is 3.85. The summed E-state index contributed by atoms with van der Waals surface area (Å²) in [4.78, 5) is 38.2. The van der Waals surface area contributed by atoms with Crippen LogP contribution < -0.4 is 5.73 Å². The van der Waals surface area contributed by atoms with Crippen molar-refractivity contribution in [3.63, 3.8) is 0 Å². The minimum atomic E-state index is -1.13. The molecule has 2 unspecified atom stereocenters. The van der Waals surface area contributed by atoms with Gasteiger partial charge < -0.3 is 15.7 Å². The van der Waals surface area contributed by atoms with Crippen LogP contribution in [-0.2, 0) is 14.4 Å².